The van der Waals surface area contributed by atoms with E-state index in [1.165, 1.54) is 11.1 Å². The van der Waals surface area contributed by atoms with Gasteiger partial charge in [0.15, 0.2) is 5.96 Å². The number of methoxy groups -OCH3 is 1. The fraction of sp³-hybridized carbons (Fsp3) is 0.562. The van der Waals surface area contributed by atoms with E-state index in [1.54, 1.807) is 14.2 Å². The van der Waals surface area contributed by atoms with Gasteiger partial charge < -0.3 is 20.3 Å². The molecule has 21 heavy (non-hydrogen) atoms. The van der Waals surface area contributed by atoms with Crippen molar-refractivity contribution in [1.29, 1.82) is 0 Å². The molecule has 0 aliphatic carbocycles. The van der Waals surface area contributed by atoms with Crippen LogP contribution in [0.5, 0.6) is 0 Å². The van der Waals surface area contributed by atoms with Gasteiger partial charge in [-0.2, -0.15) is 0 Å². The highest BCUT2D eigenvalue weighted by molar-refractivity contribution is 5.79. The molecule has 2 N–H and O–H groups in total. The molecule has 0 aliphatic rings. The highest BCUT2D eigenvalue weighted by Crippen LogP contribution is 2.06. The molecule has 0 amide bonds. The molecule has 0 bridgehead atoms. The van der Waals surface area contributed by atoms with Crippen LogP contribution in [0.15, 0.2) is 29.3 Å². The van der Waals surface area contributed by atoms with Crippen molar-refractivity contribution in [3.8, 4) is 0 Å². The van der Waals surface area contributed by atoms with Crippen molar-refractivity contribution in [2.24, 2.45) is 4.99 Å². The molecule has 1 aromatic carbocycles. The summed E-state index contributed by atoms with van der Waals surface area (Å²) in [6.07, 6.45) is 0.968. The lowest BCUT2D eigenvalue weighted by Crippen LogP contribution is -2.37. The minimum absolute atomic E-state index is 0.760. The van der Waals surface area contributed by atoms with Gasteiger partial charge in [-0.25, -0.2) is 0 Å². The van der Waals surface area contributed by atoms with Crippen LogP contribution in [0.1, 0.15) is 17.5 Å². The Morgan fingerprint density at radius 3 is 2.67 bits per heavy atom. The van der Waals surface area contributed by atoms with Gasteiger partial charge in [-0.3, -0.25) is 4.99 Å². The summed E-state index contributed by atoms with van der Waals surface area (Å²) >= 11 is 0. The lowest BCUT2D eigenvalue weighted by molar-refractivity contribution is 0.195. The Morgan fingerprint density at radius 2 is 2.00 bits per heavy atom. The zero-order valence-electron chi connectivity index (χ0n) is 13.6. The van der Waals surface area contributed by atoms with Crippen molar-refractivity contribution in [2.45, 2.75) is 19.5 Å². The predicted octanol–water partition coefficient (Wildman–Crippen LogP) is 1.45. The molecule has 5 heteroatoms. The van der Waals surface area contributed by atoms with E-state index in [0.29, 0.717) is 0 Å². The lowest BCUT2D eigenvalue weighted by Gasteiger charge is -2.13. The molecule has 118 valence electrons. The molecule has 1 aromatic rings. The predicted molar refractivity (Wildman–Crippen MR) is 88.5 cm³/mol. The second kappa shape index (κ2) is 10.2. The van der Waals surface area contributed by atoms with E-state index in [0.717, 1.165) is 38.6 Å². The minimum atomic E-state index is 0.760. The number of aliphatic imine (C=N–C) groups is 1. The molecule has 0 atom stereocenters. The van der Waals surface area contributed by atoms with E-state index in [4.69, 9.17) is 4.74 Å². The zero-order chi connectivity index (χ0) is 15.5. The van der Waals surface area contributed by atoms with Crippen LogP contribution in [0.2, 0.25) is 0 Å². The Balaban J connectivity index is 2.42. The average molecular weight is 292 g/mol. The molecule has 0 saturated carbocycles. The molecule has 0 aliphatic heterocycles. The molecule has 0 radical (unpaired) electrons. The van der Waals surface area contributed by atoms with Gasteiger partial charge in [-0.05, 0) is 31.6 Å². The minimum Gasteiger partial charge on any atom is -0.385 e. The topological polar surface area (TPSA) is 48.9 Å². The van der Waals surface area contributed by atoms with Gasteiger partial charge in [0.05, 0.1) is 0 Å². The summed E-state index contributed by atoms with van der Waals surface area (Å²) in [7, 11) is 7.66. The third-order valence-corrected chi connectivity index (χ3v) is 2.99. The van der Waals surface area contributed by atoms with Crippen LogP contribution in [0, 0.1) is 0 Å². The third kappa shape index (κ3) is 7.68. The van der Waals surface area contributed by atoms with E-state index >= 15 is 0 Å². The summed E-state index contributed by atoms with van der Waals surface area (Å²) in [4.78, 5) is 6.39. The number of ether oxygens (including phenoxy) is 1. The summed E-state index contributed by atoms with van der Waals surface area (Å²) in [5.74, 6) is 0.823. The highest BCUT2D eigenvalue weighted by atomic mass is 16.5. The first-order valence-corrected chi connectivity index (χ1v) is 7.31. The second-order valence-corrected chi connectivity index (χ2v) is 5.26. The van der Waals surface area contributed by atoms with Crippen LogP contribution in [0.4, 0.5) is 0 Å². The van der Waals surface area contributed by atoms with Crippen LogP contribution < -0.4 is 10.6 Å². The summed E-state index contributed by atoms with van der Waals surface area (Å²) in [6, 6.07) is 8.61. The van der Waals surface area contributed by atoms with Crippen molar-refractivity contribution in [1.82, 2.24) is 15.5 Å². The molecule has 0 heterocycles. The average Bonchev–Trinajstić information content (AvgIpc) is 2.46. The SMILES string of the molecule is CN=C(NCCCOC)NCc1cccc(CN(C)C)c1. The van der Waals surface area contributed by atoms with Gasteiger partial charge in [-0.1, -0.05) is 24.3 Å². The Morgan fingerprint density at radius 1 is 1.24 bits per heavy atom. The first kappa shape index (κ1) is 17.5. The lowest BCUT2D eigenvalue weighted by atomic mass is 10.1. The van der Waals surface area contributed by atoms with E-state index < -0.39 is 0 Å². The van der Waals surface area contributed by atoms with Crippen LogP contribution in [0.3, 0.4) is 0 Å². The summed E-state index contributed by atoms with van der Waals surface area (Å²) < 4.78 is 5.03. The number of rotatable bonds is 8. The van der Waals surface area contributed by atoms with Crippen molar-refractivity contribution < 1.29 is 4.74 Å². The normalized spacial score (nSPS) is 11.8. The third-order valence-electron chi connectivity index (χ3n) is 2.99. The number of hydrogen-bond acceptors (Lipinski definition) is 3. The number of hydrogen-bond donors (Lipinski definition) is 2. The first-order valence-electron chi connectivity index (χ1n) is 7.31. The Hall–Kier alpha value is -1.59. The number of nitrogens with zero attached hydrogens (tertiary/aromatic N) is 2. The van der Waals surface area contributed by atoms with Gasteiger partial charge in [0.2, 0.25) is 0 Å². The molecule has 0 fully saturated rings. The van der Waals surface area contributed by atoms with Gasteiger partial charge in [0.1, 0.15) is 0 Å². The maximum Gasteiger partial charge on any atom is 0.191 e. The Kier molecular flexibility index (Phi) is 8.47. The Labute approximate surface area is 128 Å². The molecule has 0 spiro atoms. The van der Waals surface area contributed by atoms with E-state index in [9.17, 15) is 0 Å². The number of guanidine groups is 1. The van der Waals surface area contributed by atoms with E-state index in [2.05, 4.69) is 58.9 Å². The van der Waals surface area contributed by atoms with Crippen LogP contribution in [-0.2, 0) is 17.8 Å². The maximum atomic E-state index is 5.03. The number of nitrogens with one attached hydrogen (secondary N) is 2. The van der Waals surface area contributed by atoms with Gasteiger partial charge in [0.25, 0.3) is 0 Å². The monoisotopic (exact) mass is 292 g/mol. The smallest absolute Gasteiger partial charge is 0.191 e. The molecule has 0 saturated heterocycles. The first-order chi connectivity index (χ1) is 10.2. The quantitative estimate of drug-likeness (QED) is 0.432. The highest BCUT2D eigenvalue weighted by Gasteiger charge is 2.00. The van der Waals surface area contributed by atoms with Gasteiger partial charge >= 0.3 is 0 Å². The maximum absolute atomic E-state index is 5.03. The van der Waals surface area contributed by atoms with E-state index in [1.807, 2.05) is 0 Å². The van der Waals surface area contributed by atoms with Crippen molar-refractivity contribution in [3.05, 3.63) is 35.4 Å². The summed E-state index contributed by atoms with van der Waals surface area (Å²) in [5, 5.41) is 6.60. The molecule has 5 nitrogen and oxygen atoms in total. The number of benzene rings is 1. The fourth-order valence-electron chi connectivity index (χ4n) is 2.03. The van der Waals surface area contributed by atoms with E-state index in [-0.39, 0.29) is 0 Å². The summed E-state index contributed by atoms with van der Waals surface area (Å²) in [6.45, 7) is 3.34. The molecule has 0 unspecified atom stereocenters. The van der Waals surface area contributed by atoms with Crippen molar-refractivity contribution in [3.63, 3.8) is 0 Å². The second-order valence-electron chi connectivity index (χ2n) is 5.26. The van der Waals surface area contributed by atoms with Gasteiger partial charge in [0, 0.05) is 40.4 Å². The molecule has 0 aromatic heterocycles. The van der Waals surface area contributed by atoms with Crippen LogP contribution in [-0.4, -0.2) is 52.3 Å². The standard InChI is InChI=1S/C16H28N4O/c1-17-16(18-9-6-10-21-4)19-12-14-7-5-8-15(11-14)13-20(2)3/h5,7-8,11H,6,9-10,12-13H2,1-4H3,(H2,17,18,19). The molecular weight excluding hydrogens is 264 g/mol. The summed E-state index contributed by atoms with van der Waals surface area (Å²) in [5.41, 5.74) is 2.58. The van der Waals surface area contributed by atoms with Gasteiger partial charge in [-0.15, -0.1) is 0 Å². The van der Waals surface area contributed by atoms with Crippen LogP contribution in [0.25, 0.3) is 0 Å². The zero-order valence-corrected chi connectivity index (χ0v) is 13.6. The Bertz CT molecular complexity index is 432. The largest absolute Gasteiger partial charge is 0.385 e. The fourth-order valence-corrected chi connectivity index (χ4v) is 2.03. The van der Waals surface area contributed by atoms with Crippen molar-refractivity contribution >= 4 is 5.96 Å². The molecular formula is C16H28N4O. The molecule has 1 rings (SSSR count). The van der Waals surface area contributed by atoms with Crippen molar-refractivity contribution in [2.75, 3.05) is 41.4 Å². The van der Waals surface area contributed by atoms with Crippen LogP contribution >= 0.6 is 0 Å².